The van der Waals surface area contributed by atoms with Gasteiger partial charge in [0.1, 0.15) is 23.1 Å². The second kappa shape index (κ2) is 12.2. The molecule has 1 amide bonds. The van der Waals surface area contributed by atoms with Crippen LogP contribution < -0.4 is 20.1 Å². The Morgan fingerprint density at radius 1 is 1.24 bits per heavy atom. The van der Waals surface area contributed by atoms with Crippen molar-refractivity contribution in [1.29, 1.82) is 0 Å². The number of benzene rings is 1. The standard InChI is InChI=1S/C29H31N3O7S.2ClH/c1-3-19-13-29(19,26(33)16-40(35,36)22-5-6-22)32-27(34)25-12-21(14-30-25)39-28-23-7-4-20(37-2)10-18(23)11-24(31-28)17-8-9-38-15-17;;/h3-4,7-11,15,19,21-22,25,30H,1,5-6,12-14,16H2,2H3,(H,32,34);2*1H/t19-,21-,25+,29-;;/m1../s1. The van der Waals surface area contributed by atoms with E-state index >= 15 is 0 Å². The van der Waals surface area contributed by atoms with Crippen LogP contribution in [0.5, 0.6) is 11.6 Å². The number of pyridine rings is 1. The highest BCUT2D eigenvalue weighted by Crippen LogP contribution is 2.46. The number of ketones is 1. The van der Waals surface area contributed by atoms with Crippen molar-refractivity contribution in [2.45, 2.75) is 48.6 Å². The number of hydrogen-bond donors (Lipinski definition) is 2. The van der Waals surface area contributed by atoms with Crippen LogP contribution in [0.2, 0.25) is 0 Å². The maximum absolute atomic E-state index is 13.3. The van der Waals surface area contributed by atoms with E-state index in [4.69, 9.17) is 18.9 Å². The fraction of sp³-hybridized carbons (Fsp3) is 0.414. The van der Waals surface area contributed by atoms with E-state index < -0.39 is 38.2 Å². The van der Waals surface area contributed by atoms with Gasteiger partial charge in [0.2, 0.25) is 11.8 Å². The van der Waals surface area contributed by atoms with Gasteiger partial charge in [0.25, 0.3) is 0 Å². The molecule has 1 saturated heterocycles. The molecular formula is C29H33Cl2N3O7S. The summed E-state index contributed by atoms with van der Waals surface area (Å²) in [4.78, 5) is 31.1. The molecule has 0 bridgehead atoms. The van der Waals surface area contributed by atoms with Gasteiger partial charge in [-0.25, -0.2) is 13.4 Å². The molecule has 1 aromatic carbocycles. The monoisotopic (exact) mass is 637 g/mol. The zero-order valence-corrected chi connectivity index (χ0v) is 25.4. The van der Waals surface area contributed by atoms with Crippen molar-refractivity contribution in [3.05, 3.63) is 55.5 Å². The molecule has 1 aliphatic heterocycles. The summed E-state index contributed by atoms with van der Waals surface area (Å²) >= 11 is 0. The van der Waals surface area contributed by atoms with E-state index in [2.05, 4.69) is 17.2 Å². The molecule has 3 aliphatic rings. The number of fused-ring (bicyclic) bond motifs is 1. The third-order valence-corrected chi connectivity index (χ3v) is 10.2. The summed E-state index contributed by atoms with van der Waals surface area (Å²) in [6.07, 6.45) is 6.33. The SMILES string of the molecule is C=C[C@@H]1C[C@]1(NC(=O)[C@@H]1C[C@@H](Oc2nc(-c3ccoc3)cc3cc(OC)ccc23)CN1)C(=O)CS(=O)(=O)C1CC1.Cl.Cl. The fourth-order valence-corrected chi connectivity index (χ4v) is 7.11. The number of carbonyl (C=O) groups excluding carboxylic acids is 2. The smallest absolute Gasteiger partial charge is 0.238 e. The third kappa shape index (κ3) is 6.15. The first-order chi connectivity index (χ1) is 19.2. The van der Waals surface area contributed by atoms with Gasteiger partial charge in [-0.2, -0.15) is 0 Å². The largest absolute Gasteiger partial charge is 0.497 e. The summed E-state index contributed by atoms with van der Waals surface area (Å²) in [6.45, 7) is 4.16. The minimum atomic E-state index is -3.49. The van der Waals surface area contributed by atoms with Gasteiger partial charge >= 0.3 is 0 Å². The molecule has 0 spiro atoms. The van der Waals surface area contributed by atoms with Gasteiger partial charge in [0.15, 0.2) is 15.6 Å². The van der Waals surface area contributed by atoms with Crippen LogP contribution in [0, 0.1) is 5.92 Å². The Morgan fingerprint density at radius 3 is 2.67 bits per heavy atom. The topological polar surface area (TPSA) is 137 Å². The van der Waals surface area contributed by atoms with Crippen LogP contribution in [0.25, 0.3) is 22.0 Å². The van der Waals surface area contributed by atoms with E-state index in [1.54, 1.807) is 25.7 Å². The van der Waals surface area contributed by atoms with E-state index in [0.29, 0.717) is 49.6 Å². The van der Waals surface area contributed by atoms with Gasteiger partial charge in [0.05, 0.1) is 36.6 Å². The number of furan rings is 1. The van der Waals surface area contributed by atoms with Crippen molar-refractivity contribution < 1.29 is 31.9 Å². The second-order valence-electron chi connectivity index (χ2n) is 10.8. The summed E-state index contributed by atoms with van der Waals surface area (Å²) in [5, 5.41) is 7.29. The molecule has 3 aromatic rings. The number of carbonyl (C=O) groups is 2. The van der Waals surface area contributed by atoms with Crippen molar-refractivity contribution >= 4 is 57.1 Å². The van der Waals surface area contributed by atoms with Gasteiger partial charge in [-0.05, 0) is 55.0 Å². The molecule has 2 N–H and O–H groups in total. The van der Waals surface area contributed by atoms with E-state index in [1.807, 2.05) is 30.3 Å². The Kier molecular flexibility index (Phi) is 9.27. The van der Waals surface area contributed by atoms with E-state index in [-0.39, 0.29) is 42.7 Å². The number of aromatic nitrogens is 1. The lowest BCUT2D eigenvalue weighted by atomic mass is 10.1. The van der Waals surface area contributed by atoms with Crippen molar-refractivity contribution in [3.63, 3.8) is 0 Å². The highest BCUT2D eigenvalue weighted by molar-refractivity contribution is 7.93. The molecule has 3 fully saturated rings. The van der Waals surface area contributed by atoms with Gasteiger partial charge in [-0.3, -0.25) is 9.59 Å². The minimum absolute atomic E-state index is 0. The third-order valence-electron chi connectivity index (χ3n) is 8.01. The van der Waals surface area contributed by atoms with Crippen molar-refractivity contribution in [2.24, 2.45) is 5.92 Å². The highest BCUT2D eigenvalue weighted by atomic mass is 35.5. The molecule has 0 radical (unpaired) electrons. The Labute approximate surface area is 256 Å². The van der Waals surface area contributed by atoms with Crippen LogP contribution in [-0.2, 0) is 19.4 Å². The molecule has 3 heterocycles. The zero-order valence-electron chi connectivity index (χ0n) is 22.9. The molecule has 2 aliphatic carbocycles. The lowest BCUT2D eigenvalue weighted by Gasteiger charge is -2.20. The normalized spacial score (nSPS) is 24.6. The highest BCUT2D eigenvalue weighted by Gasteiger charge is 2.60. The molecule has 42 heavy (non-hydrogen) atoms. The summed E-state index contributed by atoms with van der Waals surface area (Å²) in [6, 6.07) is 8.77. The number of halogens is 2. The van der Waals surface area contributed by atoms with Crippen LogP contribution in [0.4, 0.5) is 0 Å². The summed E-state index contributed by atoms with van der Waals surface area (Å²) < 4.78 is 41.9. The van der Waals surface area contributed by atoms with E-state index in [1.165, 1.54) is 0 Å². The first-order valence-electron chi connectivity index (χ1n) is 13.3. The van der Waals surface area contributed by atoms with E-state index in [0.717, 1.165) is 16.3 Å². The minimum Gasteiger partial charge on any atom is -0.497 e. The molecule has 4 atom stereocenters. The first-order valence-corrected chi connectivity index (χ1v) is 15.0. The average Bonchev–Trinajstić information content (AvgIpc) is 3.80. The molecule has 6 rings (SSSR count). The molecule has 2 saturated carbocycles. The molecular weight excluding hydrogens is 605 g/mol. The fourth-order valence-electron chi connectivity index (χ4n) is 5.40. The van der Waals surface area contributed by atoms with Crippen LogP contribution in [0.15, 0.2) is 59.9 Å². The number of ether oxygens (including phenoxy) is 2. The Bertz CT molecular complexity index is 1590. The predicted molar refractivity (Wildman–Crippen MR) is 162 cm³/mol. The van der Waals surface area contributed by atoms with Gasteiger partial charge in [-0.15, -0.1) is 31.4 Å². The second-order valence-corrected chi connectivity index (χ2v) is 13.1. The van der Waals surface area contributed by atoms with Crippen LogP contribution in [0.1, 0.15) is 25.7 Å². The number of nitrogens with one attached hydrogen (secondary N) is 2. The Morgan fingerprint density at radius 2 is 2.02 bits per heavy atom. The lowest BCUT2D eigenvalue weighted by Crippen LogP contribution is -2.52. The predicted octanol–water partition coefficient (Wildman–Crippen LogP) is 3.66. The number of amides is 1. The summed E-state index contributed by atoms with van der Waals surface area (Å²) in [5.41, 5.74) is 0.267. The van der Waals surface area contributed by atoms with E-state index in [9.17, 15) is 18.0 Å². The molecule has 226 valence electrons. The number of Topliss-reactive ketones (excluding diaryl/α,β-unsaturated/α-hetero) is 1. The number of nitrogens with zero attached hydrogens (tertiary/aromatic N) is 1. The average molecular weight is 639 g/mol. The van der Waals surface area contributed by atoms with Gasteiger partial charge in [-0.1, -0.05) is 6.08 Å². The molecule has 13 heteroatoms. The maximum atomic E-state index is 13.3. The number of sulfone groups is 1. The molecule has 2 aromatic heterocycles. The number of methoxy groups -OCH3 is 1. The van der Waals surface area contributed by atoms with Crippen molar-refractivity contribution in [3.8, 4) is 22.9 Å². The van der Waals surface area contributed by atoms with Crippen molar-refractivity contribution in [1.82, 2.24) is 15.6 Å². The molecule has 10 nitrogen and oxygen atoms in total. The molecule has 0 unspecified atom stereocenters. The number of hydrogen-bond acceptors (Lipinski definition) is 9. The maximum Gasteiger partial charge on any atom is 0.238 e. The Hall–Kier alpha value is -3.12. The van der Waals surface area contributed by atoms with Crippen LogP contribution in [-0.4, -0.2) is 67.4 Å². The lowest BCUT2D eigenvalue weighted by molar-refractivity contribution is -0.129. The van der Waals surface area contributed by atoms with Gasteiger partial charge < -0.3 is 24.5 Å². The zero-order chi connectivity index (χ0) is 28.1. The van der Waals surface area contributed by atoms with Crippen LogP contribution in [0.3, 0.4) is 0 Å². The number of rotatable bonds is 11. The quantitative estimate of drug-likeness (QED) is 0.302. The van der Waals surface area contributed by atoms with Crippen LogP contribution >= 0.6 is 24.8 Å². The Balaban J connectivity index is 0.00000202. The van der Waals surface area contributed by atoms with Crippen molar-refractivity contribution in [2.75, 3.05) is 19.4 Å². The summed E-state index contributed by atoms with van der Waals surface area (Å²) in [5.74, 6) is -0.538. The van der Waals surface area contributed by atoms with Gasteiger partial charge in [0, 0.05) is 29.8 Å². The summed E-state index contributed by atoms with van der Waals surface area (Å²) in [7, 11) is -1.89. The first kappa shape index (κ1) is 31.8.